The fourth-order valence-corrected chi connectivity index (χ4v) is 4.55. The van der Waals surface area contributed by atoms with E-state index in [0.29, 0.717) is 31.7 Å². The summed E-state index contributed by atoms with van der Waals surface area (Å²) in [6, 6.07) is 7.38. The first-order valence-electron chi connectivity index (χ1n) is 8.22. The molecule has 6 nitrogen and oxygen atoms in total. The van der Waals surface area contributed by atoms with E-state index >= 15 is 0 Å². The maximum Gasteiger partial charge on any atom is 0.254 e. The molecule has 1 aromatic carbocycles. The van der Waals surface area contributed by atoms with Gasteiger partial charge in [0.1, 0.15) is 0 Å². The van der Waals surface area contributed by atoms with Gasteiger partial charge in [-0.2, -0.15) is 4.31 Å². The van der Waals surface area contributed by atoms with Crippen molar-refractivity contribution < 1.29 is 13.2 Å². The molecule has 0 bridgehead atoms. The van der Waals surface area contributed by atoms with E-state index in [-0.39, 0.29) is 24.2 Å². The van der Waals surface area contributed by atoms with Crippen molar-refractivity contribution in [1.82, 2.24) is 14.5 Å². The van der Waals surface area contributed by atoms with Crippen molar-refractivity contribution in [2.24, 2.45) is 0 Å². The van der Waals surface area contributed by atoms with E-state index < -0.39 is 10.0 Å². The van der Waals surface area contributed by atoms with E-state index in [0.717, 1.165) is 17.3 Å². The van der Waals surface area contributed by atoms with E-state index in [2.05, 4.69) is 21.2 Å². The molecule has 1 aromatic rings. The van der Waals surface area contributed by atoms with Gasteiger partial charge in [-0.15, -0.1) is 0 Å². The van der Waals surface area contributed by atoms with Crippen LogP contribution in [0.3, 0.4) is 0 Å². The average molecular weight is 416 g/mol. The Morgan fingerprint density at radius 3 is 2.42 bits per heavy atom. The number of nitrogens with zero attached hydrogens (tertiary/aromatic N) is 2. The van der Waals surface area contributed by atoms with Crippen LogP contribution in [0, 0.1) is 0 Å². The molecule has 1 saturated carbocycles. The Balaban J connectivity index is 1.66. The van der Waals surface area contributed by atoms with Gasteiger partial charge in [-0.3, -0.25) is 4.79 Å². The number of sulfonamides is 1. The van der Waals surface area contributed by atoms with E-state index in [1.807, 2.05) is 12.1 Å². The zero-order valence-corrected chi connectivity index (χ0v) is 15.9. The molecule has 2 aliphatic rings. The highest BCUT2D eigenvalue weighted by atomic mass is 79.9. The van der Waals surface area contributed by atoms with Crippen LogP contribution in [0.5, 0.6) is 0 Å². The molecule has 0 radical (unpaired) electrons. The summed E-state index contributed by atoms with van der Waals surface area (Å²) in [7, 11) is -3.31. The van der Waals surface area contributed by atoms with Gasteiger partial charge in [-0.1, -0.05) is 15.9 Å². The summed E-state index contributed by atoms with van der Waals surface area (Å²) in [4.78, 5) is 14.4. The first kappa shape index (κ1) is 17.8. The maximum absolute atomic E-state index is 12.7. The van der Waals surface area contributed by atoms with Crippen molar-refractivity contribution in [2.45, 2.75) is 18.9 Å². The molecule has 0 spiro atoms. The number of piperazine rings is 1. The summed E-state index contributed by atoms with van der Waals surface area (Å²) in [6.45, 7) is 2.64. The zero-order chi connectivity index (χ0) is 17.2. The molecule has 1 saturated heterocycles. The largest absolute Gasteiger partial charge is 0.335 e. The highest BCUT2D eigenvalue weighted by molar-refractivity contribution is 9.10. The predicted molar refractivity (Wildman–Crippen MR) is 96.4 cm³/mol. The second kappa shape index (κ2) is 7.51. The first-order valence-corrected chi connectivity index (χ1v) is 10.6. The molecule has 0 unspecified atom stereocenters. The Bertz CT molecular complexity index is 683. The monoisotopic (exact) mass is 415 g/mol. The molecule has 1 aliphatic heterocycles. The number of nitrogens with one attached hydrogen (secondary N) is 1. The van der Waals surface area contributed by atoms with Crippen molar-refractivity contribution in [1.29, 1.82) is 0 Å². The molecule has 1 heterocycles. The molecule has 0 atom stereocenters. The average Bonchev–Trinajstić information content (AvgIpc) is 3.41. The third-order valence-electron chi connectivity index (χ3n) is 4.40. The standard InChI is InChI=1S/C16H22BrN3O3S/c17-14-3-1-13(2-4-14)16(21)20(15-5-6-15)11-12-24(22,23)19-9-7-18-8-10-19/h1-4,15,18H,5-12H2. The van der Waals surface area contributed by atoms with Crippen LogP contribution in [-0.4, -0.2) is 68.0 Å². The number of amides is 1. The zero-order valence-electron chi connectivity index (χ0n) is 13.4. The van der Waals surface area contributed by atoms with Crippen LogP contribution >= 0.6 is 15.9 Å². The smallest absolute Gasteiger partial charge is 0.254 e. The molecular weight excluding hydrogens is 394 g/mol. The lowest BCUT2D eigenvalue weighted by molar-refractivity contribution is 0.0753. The Morgan fingerprint density at radius 2 is 1.83 bits per heavy atom. The van der Waals surface area contributed by atoms with Crippen molar-refractivity contribution in [3.63, 3.8) is 0 Å². The minimum atomic E-state index is -3.31. The Labute approximate surface area is 151 Å². The normalized spacial score (nSPS) is 19.2. The highest BCUT2D eigenvalue weighted by Crippen LogP contribution is 2.28. The van der Waals surface area contributed by atoms with E-state index in [4.69, 9.17) is 0 Å². The van der Waals surface area contributed by atoms with Crippen LogP contribution in [0.1, 0.15) is 23.2 Å². The predicted octanol–water partition coefficient (Wildman–Crippen LogP) is 1.29. The van der Waals surface area contributed by atoms with Gasteiger partial charge in [-0.25, -0.2) is 8.42 Å². The molecule has 3 rings (SSSR count). The molecule has 24 heavy (non-hydrogen) atoms. The Hall–Kier alpha value is -0.960. The second-order valence-corrected chi connectivity index (χ2v) is 9.21. The summed E-state index contributed by atoms with van der Waals surface area (Å²) in [5.74, 6) is -0.0910. The lowest BCUT2D eigenvalue weighted by Gasteiger charge is -2.28. The number of hydrogen-bond acceptors (Lipinski definition) is 4. The van der Waals surface area contributed by atoms with Crippen molar-refractivity contribution in [2.75, 3.05) is 38.5 Å². The van der Waals surface area contributed by atoms with Gasteiger partial charge in [0.25, 0.3) is 5.91 Å². The van der Waals surface area contributed by atoms with Gasteiger partial charge in [0.05, 0.1) is 5.75 Å². The first-order chi connectivity index (χ1) is 11.5. The number of benzene rings is 1. The van der Waals surface area contributed by atoms with Crippen LogP contribution in [-0.2, 0) is 10.0 Å². The quantitative estimate of drug-likeness (QED) is 0.759. The highest BCUT2D eigenvalue weighted by Gasteiger charge is 2.34. The minimum Gasteiger partial charge on any atom is -0.335 e. The van der Waals surface area contributed by atoms with E-state index in [1.165, 1.54) is 4.31 Å². The summed E-state index contributed by atoms with van der Waals surface area (Å²) in [5, 5.41) is 3.15. The van der Waals surface area contributed by atoms with Crippen LogP contribution in [0.25, 0.3) is 0 Å². The summed E-state index contributed by atoms with van der Waals surface area (Å²) in [5.41, 5.74) is 0.602. The summed E-state index contributed by atoms with van der Waals surface area (Å²) < 4.78 is 27.4. The van der Waals surface area contributed by atoms with Gasteiger partial charge in [-0.05, 0) is 37.1 Å². The molecule has 1 N–H and O–H groups in total. The van der Waals surface area contributed by atoms with Gasteiger partial charge in [0, 0.05) is 48.8 Å². The number of rotatable bonds is 6. The Kier molecular flexibility index (Phi) is 5.59. The second-order valence-electron chi connectivity index (χ2n) is 6.20. The summed E-state index contributed by atoms with van der Waals surface area (Å²) in [6.07, 6.45) is 1.91. The molecule has 2 fully saturated rings. The number of carbonyl (C=O) groups excluding carboxylic acids is 1. The molecule has 8 heteroatoms. The molecular formula is C16H22BrN3O3S. The molecule has 1 amide bonds. The number of halogens is 1. The van der Waals surface area contributed by atoms with Crippen LogP contribution in [0.15, 0.2) is 28.7 Å². The van der Waals surface area contributed by atoms with Gasteiger partial charge < -0.3 is 10.2 Å². The molecule has 132 valence electrons. The number of hydrogen-bond donors (Lipinski definition) is 1. The van der Waals surface area contributed by atoms with Crippen LogP contribution in [0.4, 0.5) is 0 Å². The topological polar surface area (TPSA) is 69.7 Å². The lowest BCUT2D eigenvalue weighted by Crippen LogP contribution is -2.48. The van der Waals surface area contributed by atoms with Gasteiger partial charge >= 0.3 is 0 Å². The van der Waals surface area contributed by atoms with Crippen molar-refractivity contribution in [3.05, 3.63) is 34.3 Å². The fourth-order valence-electron chi connectivity index (χ4n) is 2.86. The molecule has 1 aliphatic carbocycles. The summed E-state index contributed by atoms with van der Waals surface area (Å²) >= 11 is 3.36. The third-order valence-corrected chi connectivity index (χ3v) is 6.78. The van der Waals surface area contributed by atoms with Crippen LogP contribution in [0.2, 0.25) is 0 Å². The Morgan fingerprint density at radius 1 is 1.21 bits per heavy atom. The van der Waals surface area contributed by atoms with Crippen molar-refractivity contribution >= 4 is 31.9 Å². The third kappa shape index (κ3) is 4.36. The number of carbonyl (C=O) groups is 1. The van der Waals surface area contributed by atoms with Gasteiger partial charge in [0.15, 0.2) is 0 Å². The van der Waals surface area contributed by atoms with Crippen molar-refractivity contribution in [3.8, 4) is 0 Å². The van der Waals surface area contributed by atoms with E-state index in [1.54, 1.807) is 17.0 Å². The van der Waals surface area contributed by atoms with Gasteiger partial charge in [0.2, 0.25) is 10.0 Å². The fraction of sp³-hybridized carbons (Fsp3) is 0.562. The van der Waals surface area contributed by atoms with E-state index in [9.17, 15) is 13.2 Å². The van der Waals surface area contributed by atoms with Crippen LogP contribution < -0.4 is 5.32 Å². The molecule has 0 aromatic heterocycles. The lowest BCUT2D eigenvalue weighted by atomic mass is 10.2. The SMILES string of the molecule is O=C(c1ccc(Br)cc1)N(CCS(=O)(=O)N1CCNCC1)C1CC1. The minimum absolute atomic E-state index is 0.00817. The maximum atomic E-state index is 12.7.